The number of fused-ring (bicyclic) bond motifs is 3. The fourth-order valence-corrected chi connectivity index (χ4v) is 6.96. The molecule has 0 amide bonds. The Kier molecular flexibility index (Phi) is 7.05. The second-order valence-electron chi connectivity index (χ2n) is 8.62. The van der Waals surface area contributed by atoms with Gasteiger partial charge in [-0.05, 0) is 61.7 Å². The number of thiophene rings is 1. The molecule has 0 spiro atoms. The Bertz CT molecular complexity index is 1410. The molecule has 5 rings (SSSR count). The number of nitrogens with zero attached hydrogens (tertiary/aromatic N) is 3. The van der Waals surface area contributed by atoms with E-state index < -0.39 is 0 Å². The lowest BCUT2D eigenvalue weighted by Crippen LogP contribution is -2.31. The van der Waals surface area contributed by atoms with Gasteiger partial charge in [-0.2, -0.15) is 0 Å². The lowest BCUT2D eigenvalue weighted by molar-refractivity contribution is 0.258. The van der Waals surface area contributed by atoms with E-state index in [1.807, 2.05) is 43.3 Å². The molecule has 8 heteroatoms. The van der Waals surface area contributed by atoms with Crippen molar-refractivity contribution in [2.24, 2.45) is 0 Å². The molecule has 0 aliphatic carbocycles. The highest BCUT2D eigenvalue weighted by molar-refractivity contribution is 7.98. The summed E-state index contributed by atoms with van der Waals surface area (Å²) in [5, 5.41) is 2.54. The summed E-state index contributed by atoms with van der Waals surface area (Å²) >= 11 is 15.5. The van der Waals surface area contributed by atoms with Crippen LogP contribution >= 0.6 is 46.3 Å². The fourth-order valence-electron chi connectivity index (χ4n) is 4.38. The van der Waals surface area contributed by atoms with Crippen molar-refractivity contribution < 1.29 is 0 Å². The fraction of sp³-hybridized carbons (Fsp3) is 0.308. The second kappa shape index (κ2) is 10.0. The molecule has 0 saturated heterocycles. The van der Waals surface area contributed by atoms with Gasteiger partial charge in [0, 0.05) is 23.7 Å². The molecule has 176 valence electrons. The second-order valence-corrected chi connectivity index (χ2v) is 11.5. The molecule has 2 aromatic heterocycles. The van der Waals surface area contributed by atoms with Crippen molar-refractivity contribution in [2.45, 2.75) is 44.1 Å². The summed E-state index contributed by atoms with van der Waals surface area (Å²) in [6, 6.07) is 13.7. The highest BCUT2D eigenvalue weighted by atomic mass is 35.5. The smallest absolute Gasteiger partial charge is 0.267 e. The van der Waals surface area contributed by atoms with Crippen LogP contribution < -0.4 is 5.56 Å². The average Bonchev–Trinajstić information content (AvgIpc) is 3.19. The summed E-state index contributed by atoms with van der Waals surface area (Å²) in [4.78, 5) is 23.6. The van der Waals surface area contributed by atoms with Gasteiger partial charge in [-0.25, -0.2) is 4.98 Å². The number of hydrogen-bond donors (Lipinski definition) is 0. The van der Waals surface area contributed by atoms with E-state index in [1.54, 1.807) is 33.7 Å². The summed E-state index contributed by atoms with van der Waals surface area (Å²) in [6.07, 6.45) is 2.03. The van der Waals surface area contributed by atoms with Crippen molar-refractivity contribution in [1.29, 1.82) is 0 Å². The molecule has 0 fully saturated rings. The Morgan fingerprint density at radius 1 is 1.12 bits per heavy atom. The van der Waals surface area contributed by atoms with E-state index in [0.717, 1.165) is 59.5 Å². The molecular weight excluding hydrogens is 505 g/mol. The Hall–Kier alpha value is -1.83. The van der Waals surface area contributed by atoms with Gasteiger partial charge in [-0.15, -0.1) is 11.3 Å². The minimum absolute atomic E-state index is 0.0203. The quantitative estimate of drug-likeness (QED) is 0.197. The van der Waals surface area contributed by atoms with Gasteiger partial charge in [0.1, 0.15) is 4.83 Å². The highest BCUT2D eigenvalue weighted by Crippen LogP contribution is 2.35. The van der Waals surface area contributed by atoms with E-state index in [1.165, 1.54) is 10.4 Å². The first-order valence-corrected chi connectivity index (χ1v) is 13.9. The van der Waals surface area contributed by atoms with Crippen molar-refractivity contribution in [1.82, 2.24) is 14.5 Å². The molecule has 0 unspecified atom stereocenters. The molecule has 1 aliphatic heterocycles. The van der Waals surface area contributed by atoms with Crippen molar-refractivity contribution in [2.75, 3.05) is 13.1 Å². The topological polar surface area (TPSA) is 38.1 Å². The van der Waals surface area contributed by atoms with Crippen LogP contribution in [-0.4, -0.2) is 27.5 Å². The molecule has 0 bridgehead atoms. The van der Waals surface area contributed by atoms with E-state index >= 15 is 0 Å². The van der Waals surface area contributed by atoms with Gasteiger partial charge in [0.05, 0.1) is 21.1 Å². The summed E-state index contributed by atoms with van der Waals surface area (Å²) in [5.41, 5.74) is 4.23. The molecule has 4 nitrogen and oxygen atoms in total. The molecular formula is C26H25Cl2N3OS2. The number of halogens is 2. The minimum atomic E-state index is 0.0203. The van der Waals surface area contributed by atoms with Crippen molar-refractivity contribution in [3.63, 3.8) is 0 Å². The van der Waals surface area contributed by atoms with E-state index in [9.17, 15) is 4.79 Å². The van der Waals surface area contributed by atoms with Crippen LogP contribution in [0.1, 0.15) is 34.9 Å². The first-order chi connectivity index (χ1) is 16.4. The van der Waals surface area contributed by atoms with Crippen LogP contribution in [0.2, 0.25) is 10.0 Å². The molecule has 3 heterocycles. The third-order valence-corrected chi connectivity index (χ3v) is 8.97. The Morgan fingerprint density at radius 3 is 2.65 bits per heavy atom. The zero-order valence-electron chi connectivity index (χ0n) is 19.1. The van der Waals surface area contributed by atoms with E-state index in [2.05, 4.69) is 11.8 Å². The van der Waals surface area contributed by atoms with Crippen LogP contribution in [0.4, 0.5) is 0 Å². The van der Waals surface area contributed by atoms with E-state index in [4.69, 9.17) is 28.2 Å². The first kappa shape index (κ1) is 23.9. The van der Waals surface area contributed by atoms with Crippen LogP contribution in [0.3, 0.4) is 0 Å². The monoisotopic (exact) mass is 529 g/mol. The molecule has 4 aromatic rings. The molecule has 0 N–H and O–H groups in total. The van der Waals surface area contributed by atoms with Crippen molar-refractivity contribution in [3.8, 4) is 5.69 Å². The van der Waals surface area contributed by atoms with Crippen LogP contribution in [0, 0.1) is 6.92 Å². The van der Waals surface area contributed by atoms with Gasteiger partial charge < -0.3 is 0 Å². The van der Waals surface area contributed by atoms with E-state index in [0.29, 0.717) is 21.0 Å². The zero-order valence-corrected chi connectivity index (χ0v) is 22.3. The molecule has 0 atom stereocenters. The van der Waals surface area contributed by atoms with Gasteiger partial charge in [0.2, 0.25) is 0 Å². The predicted octanol–water partition coefficient (Wildman–Crippen LogP) is 7.12. The summed E-state index contributed by atoms with van der Waals surface area (Å²) in [7, 11) is 0. The number of thioether (sulfide) groups is 1. The molecule has 2 aromatic carbocycles. The zero-order chi connectivity index (χ0) is 23.8. The number of hydrogen-bond acceptors (Lipinski definition) is 5. The Morgan fingerprint density at radius 2 is 1.91 bits per heavy atom. The number of benzene rings is 2. The van der Waals surface area contributed by atoms with Crippen molar-refractivity contribution in [3.05, 3.63) is 84.4 Å². The Balaban J connectivity index is 1.60. The van der Waals surface area contributed by atoms with Crippen molar-refractivity contribution >= 4 is 56.5 Å². The number of rotatable bonds is 6. The Labute approximate surface area is 217 Å². The SMILES string of the molecule is CCCN1CCc2c(sc3nc(SCc4ccc(Cl)c(Cl)c4)n(-c4ccc(C)cc4)c(=O)c23)C1. The minimum Gasteiger partial charge on any atom is -0.298 e. The summed E-state index contributed by atoms with van der Waals surface area (Å²) in [6.45, 7) is 7.23. The van der Waals surface area contributed by atoms with Crippen LogP contribution in [0.25, 0.3) is 15.9 Å². The lowest BCUT2D eigenvalue weighted by Gasteiger charge is -2.26. The predicted molar refractivity (Wildman–Crippen MR) is 145 cm³/mol. The first-order valence-electron chi connectivity index (χ1n) is 11.4. The van der Waals surface area contributed by atoms with Crippen LogP contribution in [0.15, 0.2) is 52.4 Å². The summed E-state index contributed by atoms with van der Waals surface area (Å²) in [5.74, 6) is 0.635. The maximum absolute atomic E-state index is 13.9. The normalized spacial score (nSPS) is 14.0. The van der Waals surface area contributed by atoms with Gasteiger partial charge in [-0.1, -0.05) is 65.7 Å². The standard InChI is InChI=1S/C26H25Cl2N3OS2/c1-3-11-30-12-10-19-22(14-30)34-24-23(19)25(32)31(18-7-4-16(2)5-8-18)26(29-24)33-15-17-6-9-20(27)21(28)13-17/h4-9,13H,3,10-12,14-15H2,1-2H3. The largest absolute Gasteiger partial charge is 0.298 e. The average molecular weight is 531 g/mol. The lowest BCUT2D eigenvalue weighted by atomic mass is 10.1. The third-order valence-electron chi connectivity index (χ3n) is 6.11. The van der Waals surface area contributed by atoms with Crippen LogP contribution in [0.5, 0.6) is 0 Å². The maximum atomic E-state index is 13.9. The van der Waals surface area contributed by atoms with Gasteiger partial charge >= 0.3 is 0 Å². The third kappa shape index (κ3) is 4.67. The maximum Gasteiger partial charge on any atom is 0.267 e. The molecule has 34 heavy (non-hydrogen) atoms. The van der Waals surface area contributed by atoms with Gasteiger partial charge in [0.25, 0.3) is 5.56 Å². The summed E-state index contributed by atoms with van der Waals surface area (Å²) < 4.78 is 1.77. The number of aryl methyl sites for hydroxylation is 1. The van der Waals surface area contributed by atoms with Crippen LogP contribution in [-0.2, 0) is 18.7 Å². The van der Waals surface area contributed by atoms with Gasteiger partial charge in [-0.3, -0.25) is 14.3 Å². The molecule has 0 saturated carbocycles. The molecule has 0 radical (unpaired) electrons. The van der Waals surface area contributed by atoms with E-state index in [-0.39, 0.29) is 5.56 Å². The number of aromatic nitrogens is 2. The highest BCUT2D eigenvalue weighted by Gasteiger charge is 2.25. The van der Waals surface area contributed by atoms with Gasteiger partial charge in [0.15, 0.2) is 5.16 Å². The molecule has 1 aliphatic rings.